The number of thioether (sulfide) groups is 1. The Labute approximate surface area is 175 Å². The van der Waals surface area contributed by atoms with Gasteiger partial charge in [0.1, 0.15) is 0 Å². The van der Waals surface area contributed by atoms with Gasteiger partial charge in [-0.2, -0.15) is 4.31 Å². The first kappa shape index (κ1) is 21.1. The first-order valence-corrected chi connectivity index (χ1v) is 11.6. The third-order valence-electron chi connectivity index (χ3n) is 4.43. The molecule has 5 nitrogen and oxygen atoms in total. The highest BCUT2D eigenvalue weighted by Gasteiger charge is 2.20. The molecule has 0 saturated carbocycles. The van der Waals surface area contributed by atoms with E-state index in [9.17, 15) is 13.2 Å². The molecule has 0 aliphatic heterocycles. The second-order valence-corrected chi connectivity index (χ2v) is 9.32. The van der Waals surface area contributed by atoms with E-state index in [4.69, 9.17) is 0 Å². The van der Waals surface area contributed by atoms with Crippen LogP contribution in [0, 0.1) is 0 Å². The number of sulfonamides is 1. The predicted molar refractivity (Wildman–Crippen MR) is 118 cm³/mol. The highest BCUT2D eigenvalue weighted by molar-refractivity contribution is 7.98. The summed E-state index contributed by atoms with van der Waals surface area (Å²) in [5, 5.41) is 2.92. The summed E-state index contributed by atoms with van der Waals surface area (Å²) < 4.78 is 26.6. The minimum Gasteiger partial charge on any atom is -0.321 e. The van der Waals surface area contributed by atoms with Gasteiger partial charge in [0.15, 0.2) is 0 Å². The SMILES string of the molecule is CSc1ccccc1NC(=O)c1ccc(CN(C)S(=O)(=O)c2ccccc2)cc1. The fourth-order valence-corrected chi connectivity index (χ4v) is 4.55. The van der Waals surface area contributed by atoms with Crippen molar-refractivity contribution in [3.8, 4) is 0 Å². The molecule has 1 amide bonds. The van der Waals surface area contributed by atoms with Gasteiger partial charge in [0.05, 0.1) is 10.6 Å². The highest BCUT2D eigenvalue weighted by Crippen LogP contribution is 2.25. The van der Waals surface area contributed by atoms with Crippen molar-refractivity contribution >= 4 is 33.4 Å². The van der Waals surface area contributed by atoms with Gasteiger partial charge < -0.3 is 5.32 Å². The molecular formula is C22H22N2O3S2. The number of carbonyl (C=O) groups excluding carboxylic acids is 1. The van der Waals surface area contributed by atoms with Crippen LogP contribution >= 0.6 is 11.8 Å². The molecule has 0 spiro atoms. The molecule has 0 aliphatic rings. The lowest BCUT2D eigenvalue weighted by Gasteiger charge is -2.17. The van der Waals surface area contributed by atoms with Crippen molar-refractivity contribution in [2.75, 3.05) is 18.6 Å². The number of rotatable bonds is 7. The third kappa shape index (κ3) is 5.06. The standard InChI is InChI=1S/C22H22N2O3S2/c1-24(29(26,27)19-8-4-3-5-9-19)16-17-12-14-18(15-13-17)22(25)23-20-10-6-7-11-21(20)28-2/h3-15H,16H2,1-2H3,(H,23,25). The molecule has 0 unspecified atom stereocenters. The topological polar surface area (TPSA) is 66.5 Å². The van der Waals surface area contributed by atoms with Crippen molar-refractivity contribution in [1.82, 2.24) is 4.31 Å². The highest BCUT2D eigenvalue weighted by atomic mass is 32.2. The Bertz CT molecular complexity index is 1080. The zero-order valence-electron chi connectivity index (χ0n) is 16.2. The van der Waals surface area contributed by atoms with E-state index < -0.39 is 10.0 Å². The summed E-state index contributed by atoms with van der Waals surface area (Å²) in [5.41, 5.74) is 2.08. The number of hydrogen-bond donors (Lipinski definition) is 1. The Kier molecular flexibility index (Phi) is 6.74. The maximum Gasteiger partial charge on any atom is 0.255 e. The molecule has 0 aromatic heterocycles. The van der Waals surface area contributed by atoms with Gasteiger partial charge in [-0.25, -0.2) is 8.42 Å². The number of hydrogen-bond acceptors (Lipinski definition) is 4. The van der Waals surface area contributed by atoms with Gasteiger partial charge in [-0.15, -0.1) is 11.8 Å². The van der Waals surface area contributed by atoms with Crippen molar-refractivity contribution < 1.29 is 13.2 Å². The Balaban J connectivity index is 1.69. The van der Waals surface area contributed by atoms with Crippen molar-refractivity contribution in [1.29, 1.82) is 0 Å². The summed E-state index contributed by atoms with van der Waals surface area (Å²) in [5.74, 6) is -0.205. The van der Waals surface area contributed by atoms with Crippen molar-refractivity contribution in [3.63, 3.8) is 0 Å². The summed E-state index contributed by atoms with van der Waals surface area (Å²) in [6.45, 7) is 0.217. The van der Waals surface area contributed by atoms with Crippen LogP contribution in [0.25, 0.3) is 0 Å². The van der Waals surface area contributed by atoms with E-state index >= 15 is 0 Å². The third-order valence-corrected chi connectivity index (χ3v) is 7.04. The Morgan fingerprint density at radius 2 is 1.55 bits per heavy atom. The number of anilines is 1. The molecule has 3 rings (SSSR count). The second-order valence-electron chi connectivity index (χ2n) is 6.43. The lowest BCUT2D eigenvalue weighted by Crippen LogP contribution is -2.26. The van der Waals surface area contributed by atoms with Crippen molar-refractivity contribution in [2.45, 2.75) is 16.3 Å². The number of para-hydroxylation sites is 1. The molecule has 150 valence electrons. The fraction of sp³-hybridized carbons (Fsp3) is 0.136. The van der Waals surface area contributed by atoms with E-state index in [1.165, 1.54) is 4.31 Å². The van der Waals surface area contributed by atoms with Crippen molar-refractivity contribution in [3.05, 3.63) is 90.0 Å². The van der Waals surface area contributed by atoms with Crippen LogP contribution in [0.15, 0.2) is 88.7 Å². The average Bonchev–Trinajstić information content (AvgIpc) is 2.75. The quantitative estimate of drug-likeness (QED) is 0.566. The van der Waals surface area contributed by atoms with Crippen LogP contribution in [0.5, 0.6) is 0 Å². The molecule has 7 heteroatoms. The maximum absolute atomic E-state index is 12.6. The first-order valence-electron chi connectivity index (χ1n) is 8.96. The van der Waals surface area contributed by atoms with Crippen LogP contribution in [-0.4, -0.2) is 31.9 Å². The van der Waals surface area contributed by atoms with Crippen LogP contribution in [0.3, 0.4) is 0 Å². The molecule has 3 aromatic carbocycles. The molecule has 0 saturated heterocycles. The molecule has 0 aliphatic carbocycles. The number of nitrogens with zero attached hydrogens (tertiary/aromatic N) is 1. The van der Waals surface area contributed by atoms with Gasteiger partial charge in [-0.05, 0) is 48.2 Å². The summed E-state index contributed by atoms with van der Waals surface area (Å²) >= 11 is 1.57. The van der Waals surface area contributed by atoms with Gasteiger partial charge in [-0.3, -0.25) is 4.79 Å². The zero-order valence-corrected chi connectivity index (χ0v) is 17.8. The van der Waals surface area contributed by atoms with E-state index in [-0.39, 0.29) is 17.3 Å². The summed E-state index contributed by atoms with van der Waals surface area (Å²) in [4.78, 5) is 13.8. The summed E-state index contributed by atoms with van der Waals surface area (Å²) in [6, 6.07) is 22.9. The first-order chi connectivity index (χ1) is 13.9. The number of carbonyl (C=O) groups is 1. The molecule has 0 atom stereocenters. The largest absolute Gasteiger partial charge is 0.321 e. The fourth-order valence-electron chi connectivity index (χ4n) is 2.82. The molecule has 1 N–H and O–H groups in total. The van der Waals surface area contributed by atoms with Crippen LogP contribution in [0.4, 0.5) is 5.69 Å². The van der Waals surface area contributed by atoms with Crippen LogP contribution < -0.4 is 5.32 Å². The summed E-state index contributed by atoms with van der Waals surface area (Å²) in [7, 11) is -2.02. The smallest absolute Gasteiger partial charge is 0.255 e. The minimum atomic E-state index is -3.56. The van der Waals surface area contributed by atoms with Crippen LogP contribution in [0.2, 0.25) is 0 Å². The molecule has 29 heavy (non-hydrogen) atoms. The predicted octanol–water partition coefficient (Wildman–Crippen LogP) is 4.48. The zero-order chi connectivity index (χ0) is 20.9. The minimum absolute atomic E-state index is 0.205. The number of benzene rings is 3. The van der Waals surface area contributed by atoms with E-state index in [0.717, 1.165) is 16.1 Å². The molecular weight excluding hydrogens is 404 g/mol. The van der Waals surface area contributed by atoms with Gasteiger partial charge >= 0.3 is 0 Å². The van der Waals surface area contributed by atoms with Gasteiger partial charge in [0, 0.05) is 24.1 Å². The molecule has 0 fully saturated rings. The second kappa shape index (κ2) is 9.26. The maximum atomic E-state index is 12.6. The Morgan fingerprint density at radius 1 is 0.931 bits per heavy atom. The molecule has 3 aromatic rings. The molecule has 0 radical (unpaired) electrons. The Morgan fingerprint density at radius 3 is 2.21 bits per heavy atom. The van der Waals surface area contributed by atoms with Crippen LogP contribution in [-0.2, 0) is 16.6 Å². The van der Waals surface area contributed by atoms with E-state index in [1.54, 1.807) is 73.4 Å². The summed E-state index contributed by atoms with van der Waals surface area (Å²) in [6.07, 6.45) is 1.96. The van der Waals surface area contributed by atoms with Crippen LogP contribution in [0.1, 0.15) is 15.9 Å². The van der Waals surface area contributed by atoms with Crippen molar-refractivity contribution in [2.24, 2.45) is 0 Å². The lowest BCUT2D eigenvalue weighted by atomic mass is 10.1. The van der Waals surface area contributed by atoms with Gasteiger partial charge in [-0.1, -0.05) is 42.5 Å². The molecule has 0 bridgehead atoms. The van der Waals surface area contributed by atoms with E-state index in [2.05, 4.69) is 5.32 Å². The Hall–Kier alpha value is -2.61. The lowest BCUT2D eigenvalue weighted by molar-refractivity contribution is 0.102. The van der Waals surface area contributed by atoms with Gasteiger partial charge in [0.2, 0.25) is 10.0 Å². The van der Waals surface area contributed by atoms with E-state index in [1.807, 2.05) is 30.5 Å². The van der Waals surface area contributed by atoms with E-state index in [0.29, 0.717) is 5.56 Å². The molecule has 0 heterocycles. The average molecular weight is 427 g/mol. The number of amides is 1. The van der Waals surface area contributed by atoms with Gasteiger partial charge in [0.25, 0.3) is 5.91 Å². The number of nitrogens with one attached hydrogen (secondary N) is 1. The monoisotopic (exact) mass is 426 g/mol. The normalized spacial score (nSPS) is 11.4.